The first-order valence-corrected chi connectivity index (χ1v) is 11.1. The SMILES string of the molecule is CCN(CC)C(=O)[C@H]1c2cccn2-c2ccccc2CN1C1CCN(C(C)=O)CC1. The summed E-state index contributed by atoms with van der Waals surface area (Å²) in [6.07, 6.45) is 3.85. The lowest BCUT2D eigenvalue weighted by Gasteiger charge is -2.42. The highest BCUT2D eigenvalue weighted by Gasteiger charge is 2.40. The molecule has 3 heterocycles. The number of aromatic nitrogens is 1. The van der Waals surface area contributed by atoms with Crippen molar-refractivity contribution in [2.24, 2.45) is 0 Å². The predicted octanol–water partition coefficient (Wildman–Crippen LogP) is 3.21. The van der Waals surface area contributed by atoms with Crippen LogP contribution in [0.25, 0.3) is 5.69 Å². The molecule has 0 bridgehead atoms. The Morgan fingerprint density at radius 2 is 1.73 bits per heavy atom. The molecule has 0 aliphatic carbocycles. The summed E-state index contributed by atoms with van der Waals surface area (Å²) in [5.41, 5.74) is 3.42. The third-order valence-corrected chi connectivity index (χ3v) is 6.68. The van der Waals surface area contributed by atoms with Gasteiger partial charge in [-0.15, -0.1) is 0 Å². The van der Waals surface area contributed by atoms with Crippen LogP contribution in [-0.2, 0) is 16.1 Å². The van der Waals surface area contributed by atoms with Crippen molar-refractivity contribution < 1.29 is 9.59 Å². The highest BCUT2D eigenvalue weighted by molar-refractivity contribution is 5.83. The highest BCUT2D eigenvalue weighted by atomic mass is 16.2. The van der Waals surface area contributed by atoms with Crippen molar-refractivity contribution in [3.05, 3.63) is 53.9 Å². The van der Waals surface area contributed by atoms with E-state index in [1.54, 1.807) is 6.92 Å². The Morgan fingerprint density at radius 3 is 2.40 bits per heavy atom. The maximum atomic E-state index is 13.8. The minimum Gasteiger partial charge on any atom is -0.343 e. The van der Waals surface area contributed by atoms with Gasteiger partial charge in [-0.2, -0.15) is 0 Å². The summed E-state index contributed by atoms with van der Waals surface area (Å²) < 4.78 is 2.19. The number of piperidine rings is 1. The lowest BCUT2D eigenvalue weighted by molar-refractivity contribution is -0.140. The molecule has 160 valence electrons. The molecule has 0 spiro atoms. The monoisotopic (exact) mass is 408 g/mol. The molecule has 1 aromatic heterocycles. The van der Waals surface area contributed by atoms with Crippen LogP contribution in [-0.4, -0.2) is 63.3 Å². The van der Waals surface area contributed by atoms with E-state index in [4.69, 9.17) is 0 Å². The third-order valence-electron chi connectivity index (χ3n) is 6.68. The Kier molecular flexibility index (Phi) is 5.95. The second-order valence-corrected chi connectivity index (χ2v) is 8.25. The first-order chi connectivity index (χ1) is 14.5. The molecule has 0 N–H and O–H groups in total. The van der Waals surface area contributed by atoms with Crippen LogP contribution in [0.1, 0.15) is 50.9 Å². The van der Waals surface area contributed by atoms with Gasteiger partial charge in [-0.25, -0.2) is 0 Å². The number of nitrogens with zero attached hydrogens (tertiary/aromatic N) is 4. The van der Waals surface area contributed by atoms with Crippen molar-refractivity contribution in [1.82, 2.24) is 19.3 Å². The second-order valence-electron chi connectivity index (χ2n) is 8.25. The van der Waals surface area contributed by atoms with E-state index in [9.17, 15) is 9.59 Å². The summed E-state index contributed by atoms with van der Waals surface area (Å²) in [5.74, 6) is 0.307. The van der Waals surface area contributed by atoms with Crippen LogP contribution in [0.2, 0.25) is 0 Å². The molecule has 0 radical (unpaired) electrons. The zero-order valence-electron chi connectivity index (χ0n) is 18.3. The van der Waals surface area contributed by atoms with Gasteiger partial charge in [0.2, 0.25) is 11.8 Å². The maximum Gasteiger partial charge on any atom is 0.246 e. The number of likely N-dealkylation sites (tertiary alicyclic amines) is 1. The molecule has 2 aliphatic heterocycles. The van der Waals surface area contributed by atoms with Gasteiger partial charge in [-0.1, -0.05) is 18.2 Å². The van der Waals surface area contributed by atoms with Gasteiger partial charge in [0.1, 0.15) is 6.04 Å². The van der Waals surface area contributed by atoms with Crippen molar-refractivity contribution in [3.63, 3.8) is 0 Å². The van der Waals surface area contributed by atoms with Crippen LogP contribution >= 0.6 is 0 Å². The molecule has 0 unspecified atom stereocenters. The average Bonchev–Trinajstić information content (AvgIpc) is 3.19. The quantitative estimate of drug-likeness (QED) is 0.781. The fourth-order valence-electron chi connectivity index (χ4n) is 5.00. The fraction of sp³-hybridized carbons (Fsp3) is 0.500. The second kappa shape index (κ2) is 8.64. The van der Waals surface area contributed by atoms with E-state index in [0.29, 0.717) is 13.1 Å². The van der Waals surface area contributed by atoms with Gasteiger partial charge in [-0.3, -0.25) is 14.5 Å². The molecule has 1 aromatic carbocycles. The molecule has 6 heteroatoms. The van der Waals surface area contributed by atoms with E-state index in [1.807, 2.05) is 29.7 Å². The summed E-state index contributed by atoms with van der Waals surface area (Å²) in [7, 11) is 0. The largest absolute Gasteiger partial charge is 0.343 e. The van der Waals surface area contributed by atoms with Crippen molar-refractivity contribution in [1.29, 1.82) is 0 Å². The Labute approximate surface area is 179 Å². The van der Waals surface area contributed by atoms with Crippen molar-refractivity contribution >= 4 is 11.8 Å². The van der Waals surface area contributed by atoms with E-state index in [1.165, 1.54) is 5.56 Å². The fourth-order valence-corrected chi connectivity index (χ4v) is 5.00. The molecule has 1 saturated heterocycles. The number of hydrogen-bond donors (Lipinski definition) is 0. The number of para-hydroxylation sites is 1. The van der Waals surface area contributed by atoms with E-state index in [2.05, 4.69) is 46.0 Å². The molecular weight excluding hydrogens is 376 g/mol. The number of hydrogen-bond acceptors (Lipinski definition) is 3. The Morgan fingerprint density at radius 1 is 1.03 bits per heavy atom. The van der Waals surface area contributed by atoms with Crippen LogP contribution < -0.4 is 0 Å². The van der Waals surface area contributed by atoms with E-state index < -0.39 is 0 Å². The normalized spacial score (nSPS) is 19.7. The number of carbonyl (C=O) groups is 2. The minimum absolute atomic E-state index is 0.138. The van der Waals surface area contributed by atoms with Gasteiger partial charge in [0.15, 0.2) is 0 Å². The van der Waals surface area contributed by atoms with E-state index >= 15 is 0 Å². The lowest BCUT2D eigenvalue weighted by Crippen LogP contribution is -2.50. The predicted molar refractivity (Wildman–Crippen MR) is 117 cm³/mol. The van der Waals surface area contributed by atoms with Crippen LogP contribution in [0.5, 0.6) is 0 Å². The molecule has 4 rings (SSSR count). The summed E-state index contributed by atoms with van der Waals surface area (Å²) >= 11 is 0. The highest BCUT2D eigenvalue weighted by Crippen LogP contribution is 2.36. The Bertz CT molecular complexity index is 909. The molecule has 2 aliphatic rings. The molecule has 2 amide bonds. The molecule has 2 aromatic rings. The number of likely N-dealkylation sites (N-methyl/N-ethyl adjacent to an activating group) is 1. The van der Waals surface area contributed by atoms with Crippen LogP contribution in [0.15, 0.2) is 42.6 Å². The number of benzene rings is 1. The number of rotatable bonds is 4. The van der Waals surface area contributed by atoms with Gasteiger partial charge >= 0.3 is 0 Å². The molecular formula is C24H32N4O2. The Hall–Kier alpha value is -2.60. The molecule has 6 nitrogen and oxygen atoms in total. The smallest absolute Gasteiger partial charge is 0.246 e. The summed E-state index contributed by atoms with van der Waals surface area (Å²) in [5, 5.41) is 0. The minimum atomic E-state index is -0.318. The topological polar surface area (TPSA) is 48.8 Å². The lowest BCUT2D eigenvalue weighted by atomic mass is 9.98. The third kappa shape index (κ3) is 3.65. The van der Waals surface area contributed by atoms with E-state index in [0.717, 1.165) is 43.9 Å². The van der Waals surface area contributed by atoms with Gasteiger partial charge in [0.05, 0.1) is 0 Å². The van der Waals surface area contributed by atoms with Gasteiger partial charge < -0.3 is 14.4 Å². The average molecular weight is 409 g/mol. The Balaban J connectivity index is 1.76. The van der Waals surface area contributed by atoms with Crippen molar-refractivity contribution in [2.75, 3.05) is 26.2 Å². The van der Waals surface area contributed by atoms with Crippen LogP contribution in [0.4, 0.5) is 0 Å². The standard InChI is InChI=1S/C24H32N4O2/c1-4-25(5-2)24(30)23-22-11-8-14-27(22)21-10-7-6-9-19(21)17-28(23)20-12-15-26(16-13-20)18(3)29/h6-11,14,20,23H,4-5,12-13,15-17H2,1-3H3/t23-/m1/s1. The van der Waals surface area contributed by atoms with Crippen molar-refractivity contribution in [3.8, 4) is 5.69 Å². The van der Waals surface area contributed by atoms with Gasteiger partial charge in [0.25, 0.3) is 0 Å². The molecule has 30 heavy (non-hydrogen) atoms. The maximum absolute atomic E-state index is 13.8. The summed E-state index contributed by atoms with van der Waals surface area (Å²) in [6.45, 7) is 9.38. The molecule has 1 atom stereocenters. The molecule has 1 fully saturated rings. The van der Waals surface area contributed by atoms with Crippen LogP contribution in [0, 0.1) is 0 Å². The number of amides is 2. The number of fused-ring (bicyclic) bond motifs is 3. The van der Waals surface area contributed by atoms with Crippen LogP contribution in [0.3, 0.4) is 0 Å². The first-order valence-electron chi connectivity index (χ1n) is 11.1. The van der Waals surface area contributed by atoms with Crippen molar-refractivity contribution in [2.45, 2.75) is 52.2 Å². The summed E-state index contributed by atoms with van der Waals surface area (Å²) in [6, 6.07) is 12.5. The first kappa shape index (κ1) is 20.7. The molecule has 0 saturated carbocycles. The van der Waals surface area contributed by atoms with E-state index in [-0.39, 0.29) is 23.9 Å². The number of carbonyl (C=O) groups excluding carboxylic acids is 2. The zero-order chi connectivity index (χ0) is 21.3. The van der Waals surface area contributed by atoms with Gasteiger partial charge in [-0.05, 0) is 50.5 Å². The summed E-state index contributed by atoms with van der Waals surface area (Å²) in [4.78, 5) is 31.8. The zero-order valence-corrected chi connectivity index (χ0v) is 18.3. The van der Waals surface area contributed by atoms with Gasteiger partial charge in [0, 0.05) is 63.3 Å².